The normalized spacial score (nSPS) is 15.4. The maximum Gasteiger partial charge on any atom is 0.355 e. The van der Waals surface area contributed by atoms with Gasteiger partial charge in [-0.1, -0.05) is 24.3 Å². The SMILES string of the molecule is O=C(O)c1c(NCC2CCCc3cc(Oc4ccccc4)ccc32)ccc2nccn12. The summed E-state index contributed by atoms with van der Waals surface area (Å²) >= 11 is 0. The van der Waals surface area contributed by atoms with Gasteiger partial charge in [-0.3, -0.25) is 4.40 Å². The molecule has 0 fully saturated rings. The number of aromatic carboxylic acids is 1. The Hall–Kier alpha value is -3.80. The molecule has 2 aromatic heterocycles. The number of carboxylic acid groups (broad SMARTS) is 1. The molecular weight excluding hydrogens is 390 g/mol. The fourth-order valence-corrected chi connectivity index (χ4v) is 4.38. The van der Waals surface area contributed by atoms with Crippen LogP contribution >= 0.6 is 0 Å². The van der Waals surface area contributed by atoms with Crippen molar-refractivity contribution in [3.05, 3.63) is 89.9 Å². The molecule has 5 rings (SSSR count). The fourth-order valence-electron chi connectivity index (χ4n) is 4.38. The van der Waals surface area contributed by atoms with Crippen molar-refractivity contribution in [3.63, 3.8) is 0 Å². The predicted octanol–water partition coefficient (Wildman–Crippen LogP) is 5.36. The van der Waals surface area contributed by atoms with Gasteiger partial charge in [-0.05, 0) is 66.8 Å². The van der Waals surface area contributed by atoms with Gasteiger partial charge in [0.2, 0.25) is 0 Å². The Labute approximate surface area is 180 Å². The van der Waals surface area contributed by atoms with Crippen molar-refractivity contribution in [1.29, 1.82) is 0 Å². The maximum atomic E-state index is 11.9. The number of fused-ring (bicyclic) bond motifs is 2. The second-order valence-corrected chi connectivity index (χ2v) is 7.80. The number of nitrogens with one attached hydrogen (secondary N) is 1. The summed E-state index contributed by atoms with van der Waals surface area (Å²) in [6, 6.07) is 19.7. The highest BCUT2D eigenvalue weighted by molar-refractivity contribution is 5.93. The standard InChI is InChI=1S/C25H23N3O3/c29-25(30)24-22(11-12-23-26-13-14-28(23)24)27-16-18-6-4-5-17-15-20(9-10-21(17)18)31-19-7-2-1-3-8-19/h1-3,7-15,18,27H,4-6,16H2,(H,29,30). The van der Waals surface area contributed by atoms with E-state index in [4.69, 9.17) is 4.74 Å². The van der Waals surface area contributed by atoms with Gasteiger partial charge >= 0.3 is 5.97 Å². The van der Waals surface area contributed by atoms with Crippen molar-refractivity contribution >= 4 is 17.3 Å². The highest BCUT2D eigenvalue weighted by Crippen LogP contribution is 2.35. The van der Waals surface area contributed by atoms with Gasteiger partial charge < -0.3 is 15.2 Å². The van der Waals surface area contributed by atoms with Crippen molar-refractivity contribution in [2.24, 2.45) is 0 Å². The first-order valence-corrected chi connectivity index (χ1v) is 10.5. The number of hydrogen-bond donors (Lipinski definition) is 2. The van der Waals surface area contributed by atoms with Crippen molar-refractivity contribution in [2.75, 3.05) is 11.9 Å². The molecule has 0 amide bonds. The lowest BCUT2D eigenvalue weighted by Gasteiger charge is -2.27. The lowest BCUT2D eigenvalue weighted by molar-refractivity contribution is 0.0690. The summed E-state index contributed by atoms with van der Waals surface area (Å²) in [5.74, 6) is 1.01. The minimum atomic E-state index is -0.974. The van der Waals surface area contributed by atoms with E-state index in [-0.39, 0.29) is 5.69 Å². The Bertz CT molecular complexity index is 1230. The summed E-state index contributed by atoms with van der Waals surface area (Å²) < 4.78 is 7.60. The molecule has 2 heterocycles. The van der Waals surface area contributed by atoms with Crippen LogP contribution in [0.5, 0.6) is 11.5 Å². The van der Waals surface area contributed by atoms with E-state index >= 15 is 0 Å². The summed E-state index contributed by atoms with van der Waals surface area (Å²) in [5, 5.41) is 13.1. The van der Waals surface area contributed by atoms with Gasteiger partial charge in [-0.2, -0.15) is 0 Å². The molecule has 6 heteroatoms. The van der Waals surface area contributed by atoms with Crippen LogP contribution in [-0.4, -0.2) is 27.0 Å². The van der Waals surface area contributed by atoms with Crippen LogP contribution in [0.2, 0.25) is 0 Å². The zero-order valence-corrected chi connectivity index (χ0v) is 17.0. The minimum Gasteiger partial charge on any atom is -0.476 e. The molecule has 0 saturated carbocycles. The number of carboxylic acids is 1. The first-order chi connectivity index (χ1) is 15.2. The lowest BCUT2D eigenvalue weighted by atomic mass is 9.82. The smallest absolute Gasteiger partial charge is 0.355 e. The third-order valence-electron chi connectivity index (χ3n) is 5.84. The number of rotatable bonds is 6. The molecule has 0 spiro atoms. The number of aromatic nitrogens is 2. The molecular formula is C25H23N3O3. The number of aryl methyl sites for hydroxylation is 1. The Kier molecular flexibility index (Phi) is 5.04. The molecule has 0 saturated heterocycles. The molecule has 0 bridgehead atoms. The van der Waals surface area contributed by atoms with Gasteiger partial charge in [0.1, 0.15) is 17.1 Å². The van der Waals surface area contributed by atoms with Crippen LogP contribution in [0.25, 0.3) is 5.65 Å². The van der Waals surface area contributed by atoms with Crippen LogP contribution in [0.4, 0.5) is 5.69 Å². The number of imidazole rings is 1. The summed E-state index contributed by atoms with van der Waals surface area (Å²) in [4.78, 5) is 16.0. The molecule has 1 unspecified atom stereocenters. The Morgan fingerprint density at radius 1 is 1.13 bits per heavy atom. The first-order valence-electron chi connectivity index (χ1n) is 10.5. The third kappa shape index (κ3) is 3.84. The van der Waals surface area contributed by atoms with E-state index in [0.717, 1.165) is 30.8 Å². The number of anilines is 1. The van der Waals surface area contributed by atoms with E-state index in [0.29, 0.717) is 23.8 Å². The van der Waals surface area contributed by atoms with Crippen molar-refractivity contribution in [3.8, 4) is 11.5 Å². The largest absolute Gasteiger partial charge is 0.476 e. The van der Waals surface area contributed by atoms with Gasteiger partial charge in [-0.15, -0.1) is 0 Å². The Morgan fingerprint density at radius 3 is 2.84 bits per heavy atom. The number of ether oxygens (including phenoxy) is 1. The molecule has 2 aromatic carbocycles. The zero-order valence-electron chi connectivity index (χ0n) is 17.0. The van der Waals surface area contributed by atoms with Gasteiger partial charge in [0.05, 0.1) is 5.69 Å². The number of hydrogen-bond acceptors (Lipinski definition) is 4. The summed E-state index contributed by atoms with van der Waals surface area (Å²) in [6.45, 7) is 0.673. The fraction of sp³-hybridized carbons (Fsp3) is 0.200. The van der Waals surface area contributed by atoms with E-state index in [1.165, 1.54) is 11.1 Å². The zero-order chi connectivity index (χ0) is 21.2. The molecule has 0 aliphatic heterocycles. The molecule has 2 N–H and O–H groups in total. The van der Waals surface area contributed by atoms with Crippen LogP contribution in [-0.2, 0) is 6.42 Å². The molecule has 1 aliphatic rings. The highest BCUT2D eigenvalue weighted by Gasteiger charge is 2.22. The van der Waals surface area contributed by atoms with Crippen molar-refractivity contribution in [1.82, 2.24) is 9.38 Å². The third-order valence-corrected chi connectivity index (χ3v) is 5.84. The first kappa shape index (κ1) is 19.2. The number of nitrogens with zero attached hydrogens (tertiary/aromatic N) is 2. The average Bonchev–Trinajstić information content (AvgIpc) is 3.26. The second-order valence-electron chi connectivity index (χ2n) is 7.80. The molecule has 6 nitrogen and oxygen atoms in total. The van der Waals surface area contributed by atoms with Crippen LogP contribution in [0.15, 0.2) is 73.1 Å². The van der Waals surface area contributed by atoms with E-state index < -0.39 is 5.97 Å². The van der Waals surface area contributed by atoms with Crippen LogP contribution in [0.3, 0.4) is 0 Å². The van der Waals surface area contributed by atoms with Crippen LogP contribution in [0, 0.1) is 0 Å². The highest BCUT2D eigenvalue weighted by atomic mass is 16.5. The topological polar surface area (TPSA) is 75.9 Å². The predicted molar refractivity (Wildman–Crippen MR) is 119 cm³/mol. The average molecular weight is 413 g/mol. The van der Waals surface area contributed by atoms with E-state index in [2.05, 4.69) is 22.4 Å². The van der Waals surface area contributed by atoms with Gasteiger partial charge in [0.25, 0.3) is 0 Å². The van der Waals surface area contributed by atoms with E-state index in [9.17, 15) is 9.90 Å². The summed E-state index contributed by atoms with van der Waals surface area (Å²) in [7, 11) is 0. The number of para-hydroxylation sites is 1. The lowest BCUT2D eigenvalue weighted by Crippen LogP contribution is -2.20. The van der Waals surface area contributed by atoms with Crippen molar-refractivity contribution < 1.29 is 14.6 Å². The van der Waals surface area contributed by atoms with Gasteiger partial charge in [0.15, 0.2) is 5.69 Å². The molecule has 31 heavy (non-hydrogen) atoms. The summed E-state index contributed by atoms with van der Waals surface area (Å²) in [5.41, 5.74) is 4.04. The van der Waals surface area contributed by atoms with Gasteiger partial charge in [0, 0.05) is 24.9 Å². The minimum absolute atomic E-state index is 0.206. The second kappa shape index (κ2) is 8.14. The molecule has 1 aliphatic carbocycles. The van der Waals surface area contributed by atoms with Crippen LogP contribution in [0.1, 0.15) is 40.4 Å². The van der Waals surface area contributed by atoms with E-state index in [1.54, 1.807) is 22.9 Å². The Balaban J connectivity index is 1.36. The molecule has 156 valence electrons. The molecule has 4 aromatic rings. The molecule has 0 radical (unpaired) electrons. The number of benzene rings is 2. The number of carbonyl (C=O) groups is 1. The number of pyridine rings is 1. The maximum absolute atomic E-state index is 11.9. The Morgan fingerprint density at radius 2 is 2.00 bits per heavy atom. The van der Waals surface area contributed by atoms with Crippen LogP contribution < -0.4 is 10.1 Å². The monoisotopic (exact) mass is 413 g/mol. The van der Waals surface area contributed by atoms with Gasteiger partial charge in [-0.25, -0.2) is 9.78 Å². The van der Waals surface area contributed by atoms with E-state index in [1.807, 2.05) is 42.5 Å². The quantitative estimate of drug-likeness (QED) is 0.445. The molecule has 1 atom stereocenters. The summed E-state index contributed by atoms with van der Waals surface area (Å²) in [6.07, 6.45) is 6.47. The van der Waals surface area contributed by atoms with Crippen molar-refractivity contribution in [2.45, 2.75) is 25.2 Å².